The highest BCUT2D eigenvalue weighted by Gasteiger charge is 2.20. The molecule has 0 radical (unpaired) electrons. The van der Waals surface area contributed by atoms with Crippen molar-refractivity contribution in [3.05, 3.63) is 35.2 Å². The van der Waals surface area contributed by atoms with Gasteiger partial charge in [-0.1, -0.05) is 0 Å². The number of piperazine rings is 1. The summed E-state index contributed by atoms with van der Waals surface area (Å²) in [5.74, 6) is 2.31. The summed E-state index contributed by atoms with van der Waals surface area (Å²) in [6.07, 6.45) is 6.83. The molecule has 1 N–H and O–H groups in total. The highest BCUT2D eigenvalue weighted by atomic mass is 32.1. The molecule has 0 unspecified atom stereocenters. The number of guanidine groups is 1. The van der Waals surface area contributed by atoms with Crippen molar-refractivity contribution in [2.24, 2.45) is 4.99 Å². The van der Waals surface area contributed by atoms with Crippen LogP contribution in [0.15, 0.2) is 28.7 Å². The SMILES string of the molecule is CCNC(=NCCc1cn2c(n1)CCCC2)N1CCN(c2cccs2)CC1. The first kappa shape index (κ1) is 18.3. The van der Waals surface area contributed by atoms with Gasteiger partial charge in [0.15, 0.2) is 5.96 Å². The number of anilines is 1. The monoisotopic (exact) mass is 386 g/mol. The minimum atomic E-state index is 0.796. The van der Waals surface area contributed by atoms with Crippen molar-refractivity contribution >= 4 is 22.3 Å². The molecule has 2 aromatic heterocycles. The average molecular weight is 387 g/mol. The molecule has 6 nitrogen and oxygen atoms in total. The Balaban J connectivity index is 1.32. The number of nitrogens with zero attached hydrogens (tertiary/aromatic N) is 5. The number of imidazole rings is 1. The molecule has 2 aliphatic rings. The first-order valence-electron chi connectivity index (χ1n) is 10.2. The summed E-state index contributed by atoms with van der Waals surface area (Å²) in [5.41, 5.74) is 1.19. The zero-order valence-electron chi connectivity index (χ0n) is 16.2. The van der Waals surface area contributed by atoms with Crippen LogP contribution in [0.1, 0.15) is 31.3 Å². The molecule has 2 aliphatic heterocycles. The fraction of sp³-hybridized carbons (Fsp3) is 0.600. The van der Waals surface area contributed by atoms with Crippen molar-refractivity contribution in [1.82, 2.24) is 19.8 Å². The lowest BCUT2D eigenvalue weighted by Gasteiger charge is -2.37. The zero-order valence-corrected chi connectivity index (χ0v) is 17.0. The van der Waals surface area contributed by atoms with Crippen LogP contribution in [-0.2, 0) is 19.4 Å². The first-order valence-corrected chi connectivity index (χ1v) is 11.1. The normalized spacial score (nSPS) is 17.9. The Kier molecular flexibility index (Phi) is 5.97. The molecule has 4 heterocycles. The Labute approximate surface area is 165 Å². The van der Waals surface area contributed by atoms with Crippen LogP contribution in [0.5, 0.6) is 0 Å². The number of aliphatic imine (C=N–C) groups is 1. The van der Waals surface area contributed by atoms with Crippen molar-refractivity contribution in [3.8, 4) is 0 Å². The van der Waals surface area contributed by atoms with Gasteiger partial charge in [0.2, 0.25) is 0 Å². The summed E-state index contributed by atoms with van der Waals surface area (Å²) in [6, 6.07) is 4.34. The molecule has 0 spiro atoms. The predicted octanol–water partition coefficient (Wildman–Crippen LogP) is 2.61. The van der Waals surface area contributed by atoms with Crippen molar-refractivity contribution in [2.75, 3.05) is 44.2 Å². The lowest BCUT2D eigenvalue weighted by molar-refractivity contribution is 0.373. The minimum absolute atomic E-state index is 0.796. The standard InChI is InChI=1S/C20H30N6S/c1-2-21-20(25-13-11-24(12-14-25)19-7-5-15-27-19)22-9-8-17-16-26-10-4-3-6-18(26)23-17/h5,7,15-16H,2-4,6,8-14H2,1H3,(H,21,22). The van der Waals surface area contributed by atoms with E-state index >= 15 is 0 Å². The maximum atomic E-state index is 4.89. The molecule has 0 aliphatic carbocycles. The van der Waals surface area contributed by atoms with E-state index in [1.165, 1.54) is 29.4 Å². The van der Waals surface area contributed by atoms with Gasteiger partial charge in [-0.25, -0.2) is 4.98 Å². The summed E-state index contributed by atoms with van der Waals surface area (Å²) in [7, 11) is 0. The molecule has 1 saturated heterocycles. The number of nitrogens with one attached hydrogen (secondary N) is 1. The van der Waals surface area contributed by atoms with E-state index in [0.717, 1.165) is 64.6 Å². The Morgan fingerprint density at radius 3 is 2.85 bits per heavy atom. The quantitative estimate of drug-likeness (QED) is 0.634. The number of rotatable bonds is 5. The summed E-state index contributed by atoms with van der Waals surface area (Å²) >= 11 is 1.82. The van der Waals surface area contributed by atoms with Gasteiger partial charge in [0, 0.05) is 64.9 Å². The maximum absolute atomic E-state index is 4.89. The number of aromatic nitrogens is 2. The van der Waals surface area contributed by atoms with Gasteiger partial charge in [-0.15, -0.1) is 11.3 Å². The second kappa shape index (κ2) is 8.78. The van der Waals surface area contributed by atoms with E-state index < -0.39 is 0 Å². The Morgan fingerprint density at radius 2 is 2.11 bits per heavy atom. The van der Waals surface area contributed by atoms with Gasteiger partial charge < -0.3 is 19.7 Å². The Bertz CT molecular complexity index is 719. The molecule has 4 rings (SSSR count). The molecular weight excluding hydrogens is 356 g/mol. The third kappa shape index (κ3) is 4.46. The van der Waals surface area contributed by atoms with Gasteiger partial charge in [0.1, 0.15) is 5.82 Å². The van der Waals surface area contributed by atoms with E-state index in [1.54, 1.807) is 0 Å². The Hall–Kier alpha value is -2.02. The summed E-state index contributed by atoms with van der Waals surface area (Å²) in [4.78, 5) is 14.6. The molecular formula is C20H30N6S. The molecule has 0 saturated carbocycles. The number of hydrogen-bond acceptors (Lipinski definition) is 4. The highest BCUT2D eigenvalue weighted by molar-refractivity contribution is 7.14. The third-order valence-electron chi connectivity index (χ3n) is 5.32. The fourth-order valence-corrected chi connectivity index (χ4v) is 4.67. The van der Waals surface area contributed by atoms with Crippen LogP contribution in [-0.4, -0.2) is 59.7 Å². The second-order valence-electron chi connectivity index (χ2n) is 7.21. The number of fused-ring (bicyclic) bond motifs is 1. The number of thiophene rings is 1. The minimum Gasteiger partial charge on any atom is -0.360 e. The lowest BCUT2D eigenvalue weighted by atomic mass is 10.2. The lowest BCUT2D eigenvalue weighted by Crippen LogP contribution is -2.52. The molecule has 0 amide bonds. The number of hydrogen-bond donors (Lipinski definition) is 1. The van der Waals surface area contributed by atoms with Crippen LogP contribution >= 0.6 is 11.3 Å². The topological polar surface area (TPSA) is 48.7 Å². The van der Waals surface area contributed by atoms with Gasteiger partial charge in [-0.05, 0) is 37.3 Å². The molecule has 2 aromatic rings. The third-order valence-corrected chi connectivity index (χ3v) is 6.25. The average Bonchev–Trinajstić information content (AvgIpc) is 3.37. The molecule has 0 aromatic carbocycles. The fourth-order valence-electron chi connectivity index (χ4n) is 3.88. The van der Waals surface area contributed by atoms with E-state index in [9.17, 15) is 0 Å². The molecule has 1 fully saturated rings. The molecule has 7 heteroatoms. The Morgan fingerprint density at radius 1 is 1.22 bits per heavy atom. The molecule has 0 atom stereocenters. The van der Waals surface area contributed by atoms with Crippen molar-refractivity contribution in [1.29, 1.82) is 0 Å². The van der Waals surface area contributed by atoms with E-state index in [4.69, 9.17) is 9.98 Å². The van der Waals surface area contributed by atoms with Crippen LogP contribution in [0.25, 0.3) is 0 Å². The van der Waals surface area contributed by atoms with Crippen LogP contribution in [0.2, 0.25) is 0 Å². The van der Waals surface area contributed by atoms with Gasteiger partial charge >= 0.3 is 0 Å². The van der Waals surface area contributed by atoms with Gasteiger partial charge in [0.05, 0.1) is 10.7 Å². The molecule has 0 bridgehead atoms. The van der Waals surface area contributed by atoms with Crippen LogP contribution in [0.3, 0.4) is 0 Å². The van der Waals surface area contributed by atoms with Gasteiger partial charge in [-0.2, -0.15) is 0 Å². The van der Waals surface area contributed by atoms with Crippen molar-refractivity contribution < 1.29 is 0 Å². The largest absolute Gasteiger partial charge is 0.360 e. The van der Waals surface area contributed by atoms with E-state index in [0.29, 0.717) is 0 Å². The summed E-state index contributed by atoms with van der Waals surface area (Å²) < 4.78 is 2.33. The second-order valence-corrected chi connectivity index (χ2v) is 8.14. The maximum Gasteiger partial charge on any atom is 0.194 e. The smallest absolute Gasteiger partial charge is 0.194 e. The zero-order chi connectivity index (χ0) is 18.5. The summed E-state index contributed by atoms with van der Waals surface area (Å²) in [6.45, 7) is 9.11. The van der Waals surface area contributed by atoms with Crippen molar-refractivity contribution in [3.63, 3.8) is 0 Å². The van der Waals surface area contributed by atoms with E-state index in [2.05, 4.69) is 50.3 Å². The molecule has 146 valence electrons. The van der Waals surface area contributed by atoms with Crippen LogP contribution in [0.4, 0.5) is 5.00 Å². The predicted molar refractivity (Wildman–Crippen MR) is 113 cm³/mol. The highest BCUT2D eigenvalue weighted by Crippen LogP contribution is 2.22. The summed E-state index contributed by atoms with van der Waals surface area (Å²) in [5, 5.41) is 7.00. The van der Waals surface area contributed by atoms with Gasteiger partial charge in [-0.3, -0.25) is 4.99 Å². The van der Waals surface area contributed by atoms with E-state index in [-0.39, 0.29) is 0 Å². The van der Waals surface area contributed by atoms with Crippen molar-refractivity contribution in [2.45, 2.75) is 39.2 Å². The van der Waals surface area contributed by atoms with E-state index in [1.807, 2.05) is 11.3 Å². The molecule has 27 heavy (non-hydrogen) atoms. The van der Waals surface area contributed by atoms with Crippen LogP contribution < -0.4 is 10.2 Å². The van der Waals surface area contributed by atoms with Crippen LogP contribution in [0, 0.1) is 0 Å². The first-order chi connectivity index (χ1) is 13.3. The van der Waals surface area contributed by atoms with Gasteiger partial charge in [0.25, 0.3) is 0 Å². The number of aryl methyl sites for hydroxylation is 2.